The summed E-state index contributed by atoms with van der Waals surface area (Å²) in [5, 5.41) is 13.8. The van der Waals surface area contributed by atoms with Gasteiger partial charge in [-0.05, 0) is 31.0 Å². The summed E-state index contributed by atoms with van der Waals surface area (Å²) in [6.45, 7) is 3.61. The lowest BCUT2D eigenvalue weighted by Crippen LogP contribution is -2.26. The number of hydrogen-bond acceptors (Lipinski definition) is 6. The molecule has 1 aromatic carbocycles. The number of carbonyl (C=O) groups is 1. The Kier molecular flexibility index (Phi) is 4.32. The lowest BCUT2D eigenvalue weighted by Gasteiger charge is -2.04. The van der Waals surface area contributed by atoms with Crippen LogP contribution in [0.2, 0.25) is 0 Å². The van der Waals surface area contributed by atoms with Crippen LogP contribution in [0.3, 0.4) is 0 Å². The summed E-state index contributed by atoms with van der Waals surface area (Å²) in [6.07, 6.45) is 1.05. The third kappa shape index (κ3) is 3.56. The maximum Gasteiger partial charge on any atom is 0.285 e. The molecule has 0 radical (unpaired) electrons. The molecule has 0 aliphatic carbocycles. The Balaban J connectivity index is 1.81. The first-order chi connectivity index (χ1) is 11.8. The normalized spacial score (nSPS) is 10.8. The Hall–Kier alpha value is -3.07. The van der Waals surface area contributed by atoms with Gasteiger partial charge in [0, 0.05) is 12.1 Å². The predicted octanol–water partition coefficient (Wildman–Crippen LogP) is 2.62. The summed E-state index contributed by atoms with van der Waals surface area (Å²) >= 11 is 1.34. The zero-order valence-corrected chi connectivity index (χ0v) is 14.3. The van der Waals surface area contributed by atoms with Crippen LogP contribution in [0, 0.1) is 24.0 Å². The Morgan fingerprint density at radius 3 is 2.84 bits per heavy atom. The van der Waals surface area contributed by atoms with Crippen LogP contribution in [-0.4, -0.2) is 20.4 Å². The molecule has 0 aliphatic heterocycles. The van der Waals surface area contributed by atoms with E-state index < -0.39 is 16.4 Å². The van der Waals surface area contributed by atoms with Crippen molar-refractivity contribution in [3.05, 3.63) is 62.1 Å². The number of amides is 1. The van der Waals surface area contributed by atoms with Gasteiger partial charge in [0.2, 0.25) is 5.91 Å². The highest BCUT2D eigenvalue weighted by molar-refractivity contribution is 7.22. The number of benzene rings is 1. The molecule has 0 unspecified atom stereocenters. The van der Waals surface area contributed by atoms with Crippen molar-refractivity contribution in [3.8, 4) is 0 Å². The van der Waals surface area contributed by atoms with Gasteiger partial charge in [0.15, 0.2) is 5.13 Å². The molecule has 2 aromatic heterocycles. The van der Waals surface area contributed by atoms with E-state index in [1.165, 1.54) is 11.3 Å². The molecule has 0 saturated heterocycles. The number of carbonyl (C=O) groups excluding carboxylic acids is 1. The van der Waals surface area contributed by atoms with E-state index in [2.05, 4.69) is 10.3 Å². The fourth-order valence-electron chi connectivity index (χ4n) is 2.49. The van der Waals surface area contributed by atoms with Gasteiger partial charge < -0.3 is 5.32 Å². The molecule has 2 heterocycles. The second-order valence-electron chi connectivity index (χ2n) is 5.61. The zero-order chi connectivity index (χ0) is 18.1. The molecule has 0 aliphatic rings. The summed E-state index contributed by atoms with van der Waals surface area (Å²) in [7, 11) is 0. The molecule has 9 heteroatoms. The second kappa shape index (κ2) is 6.44. The van der Waals surface area contributed by atoms with Crippen LogP contribution in [0.15, 0.2) is 35.3 Å². The van der Waals surface area contributed by atoms with Crippen LogP contribution >= 0.6 is 11.3 Å². The van der Waals surface area contributed by atoms with Gasteiger partial charge in [0.25, 0.3) is 11.2 Å². The number of anilines is 1. The third-order valence-corrected chi connectivity index (χ3v) is 4.49. The lowest BCUT2D eigenvalue weighted by molar-refractivity contribution is -0.385. The Bertz CT molecular complexity index is 1050. The summed E-state index contributed by atoms with van der Waals surface area (Å²) in [5.74, 6) is -0.476. The van der Waals surface area contributed by atoms with Crippen molar-refractivity contribution in [2.75, 3.05) is 5.32 Å². The minimum absolute atomic E-state index is 0.251. The Labute approximate surface area is 145 Å². The van der Waals surface area contributed by atoms with Crippen LogP contribution in [0.25, 0.3) is 10.2 Å². The van der Waals surface area contributed by atoms with Crippen molar-refractivity contribution in [2.24, 2.45) is 0 Å². The topological polar surface area (TPSA) is 107 Å². The van der Waals surface area contributed by atoms with Gasteiger partial charge in [-0.2, -0.15) is 0 Å². The number of aryl methyl sites for hydroxylation is 2. The number of nitrogens with one attached hydrogen (secondary N) is 1. The number of pyridine rings is 1. The number of nitro groups is 1. The molecule has 25 heavy (non-hydrogen) atoms. The number of thiazole rings is 1. The van der Waals surface area contributed by atoms with Crippen LogP contribution in [0.5, 0.6) is 0 Å². The van der Waals surface area contributed by atoms with E-state index in [0.717, 1.165) is 44.2 Å². The number of aromatic nitrogens is 2. The molecule has 1 amide bonds. The zero-order valence-electron chi connectivity index (χ0n) is 13.5. The molecule has 8 nitrogen and oxygen atoms in total. The maximum atomic E-state index is 12.2. The van der Waals surface area contributed by atoms with Crippen molar-refractivity contribution < 1.29 is 9.72 Å². The molecule has 0 bridgehead atoms. The van der Waals surface area contributed by atoms with E-state index >= 15 is 0 Å². The number of hydrogen-bond donors (Lipinski definition) is 1. The number of nitrogens with zero attached hydrogens (tertiary/aromatic N) is 3. The molecule has 1 N–H and O–H groups in total. The molecular weight excluding hydrogens is 344 g/mol. The minimum Gasteiger partial charge on any atom is -0.300 e. The van der Waals surface area contributed by atoms with Crippen LogP contribution in [0.4, 0.5) is 10.8 Å². The summed E-state index contributed by atoms with van der Waals surface area (Å²) in [4.78, 5) is 38.5. The molecule has 3 rings (SSSR count). The van der Waals surface area contributed by atoms with Gasteiger partial charge in [-0.25, -0.2) is 4.98 Å². The average Bonchev–Trinajstić information content (AvgIpc) is 2.91. The molecule has 0 saturated carbocycles. The SMILES string of the molecule is Cc1cc(C)c2nc(NC(=O)Cn3cc([N+](=O)[O-])ccc3=O)sc2c1. The van der Waals surface area contributed by atoms with Gasteiger partial charge in [-0.3, -0.25) is 24.3 Å². The van der Waals surface area contributed by atoms with Gasteiger partial charge in [-0.15, -0.1) is 0 Å². The summed E-state index contributed by atoms with van der Waals surface area (Å²) in [6, 6.07) is 6.17. The van der Waals surface area contributed by atoms with E-state index in [1.807, 2.05) is 26.0 Å². The highest BCUT2D eigenvalue weighted by Crippen LogP contribution is 2.29. The van der Waals surface area contributed by atoms with Crippen molar-refractivity contribution in [2.45, 2.75) is 20.4 Å². The first-order valence-electron chi connectivity index (χ1n) is 7.36. The highest BCUT2D eigenvalue weighted by Gasteiger charge is 2.13. The minimum atomic E-state index is -0.619. The van der Waals surface area contributed by atoms with E-state index in [0.29, 0.717) is 5.13 Å². The standard InChI is InChI=1S/C16H14N4O4S/c1-9-5-10(2)15-12(6-9)25-16(18-15)17-13(21)8-19-7-11(20(23)24)3-4-14(19)22/h3-7H,8H2,1-2H3,(H,17,18,21). The number of fused-ring (bicyclic) bond motifs is 1. The van der Waals surface area contributed by atoms with E-state index in [9.17, 15) is 19.7 Å². The molecule has 3 aromatic rings. The average molecular weight is 358 g/mol. The largest absolute Gasteiger partial charge is 0.300 e. The fourth-order valence-corrected chi connectivity index (χ4v) is 3.55. The highest BCUT2D eigenvalue weighted by atomic mass is 32.1. The quantitative estimate of drug-likeness (QED) is 0.570. The second-order valence-corrected chi connectivity index (χ2v) is 6.64. The van der Waals surface area contributed by atoms with Crippen molar-refractivity contribution in [1.82, 2.24) is 9.55 Å². The van der Waals surface area contributed by atoms with Crippen LogP contribution < -0.4 is 10.9 Å². The molecule has 0 spiro atoms. The third-order valence-electron chi connectivity index (χ3n) is 3.57. The molecular formula is C16H14N4O4S. The predicted molar refractivity (Wildman–Crippen MR) is 95.1 cm³/mol. The van der Waals surface area contributed by atoms with E-state index in [-0.39, 0.29) is 12.2 Å². The van der Waals surface area contributed by atoms with Gasteiger partial charge >= 0.3 is 0 Å². The summed E-state index contributed by atoms with van der Waals surface area (Å²) < 4.78 is 1.95. The van der Waals surface area contributed by atoms with E-state index in [4.69, 9.17) is 0 Å². The molecule has 0 atom stereocenters. The fraction of sp³-hybridized carbons (Fsp3) is 0.188. The van der Waals surface area contributed by atoms with Gasteiger partial charge in [0.05, 0.1) is 21.3 Å². The first-order valence-corrected chi connectivity index (χ1v) is 8.17. The number of rotatable bonds is 4. The van der Waals surface area contributed by atoms with Gasteiger partial charge in [-0.1, -0.05) is 17.4 Å². The Morgan fingerprint density at radius 1 is 1.36 bits per heavy atom. The molecule has 128 valence electrons. The smallest absolute Gasteiger partial charge is 0.285 e. The summed E-state index contributed by atoms with van der Waals surface area (Å²) in [5.41, 5.74) is 2.20. The van der Waals surface area contributed by atoms with E-state index in [1.54, 1.807) is 0 Å². The van der Waals surface area contributed by atoms with Crippen molar-refractivity contribution in [3.63, 3.8) is 0 Å². The van der Waals surface area contributed by atoms with Crippen LogP contribution in [0.1, 0.15) is 11.1 Å². The van der Waals surface area contributed by atoms with Crippen molar-refractivity contribution in [1.29, 1.82) is 0 Å². The van der Waals surface area contributed by atoms with Crippen molar-refractivity contribution >= 4 is 38.3 Å². The first kappa shape index (κ1) is 16.8. The maximum absolute atomic E-state index is 12.2. The monoisotopic (exact) mass is 358 g/mol. The van der Waals surface area contributed by atoms with Crippen LogP contribution in [-0.2, 0) is 11.3 Å². The van der Waals surface area contributed by atoms with Gasteiger partial charge in [0.1, 0.15) is 6.54 Å². The Morgan fingerprint density at radius 2 is 2.12 bits per heavy atom. The lowest BCUT2D eigenvalue weighted by atomic mass is 10.1. The molecule has 0 fully saturated rings.